The number of amides is 1. The number of hydrogen-bond donors (Lipinski definition) is 0. The minimum absolute atomic E-state index is 0.0104. The van der Waals surface area contributed by atoms with Gasteiger partial charge in [0.15, 0.2) is 0 Å². The first-order chi connectivity index (χ1) is 9.73. The van der Waals surface area contributed by atoms with Crippen molar-refractivity contribution < 1.29 is 27.5 Å². The number of carbonyl (C=O) groups excluding carboxylic acids is 2. The molecule has 0 heterocycles. The fourth-order valence-electron chi connectivity index (χ4n) is 1.48. The molecule has 0 saturated carbocycles. The number of halogens is 3. The van der Waals surface area contributed by atoms with E-state index in [1.165, 1.54) is 43.3 Å². The number of alkyl halides is 3. The summed E-state index contributed by atoms with van der Waals surface area (Å²) in [6, 6.07) is 5.12. The van der Waals surface area contributed by atoms with Crippen LogP contribution in [0.15, 0.2) is 29.2 Å². The molecule has 0 fully saturated rings. The van der Waals surface area contributed by atoms with E-state index in [4.69, 9.17) is 0 Å². The van der Waals surface area contributed by atoms with Gasteiger partial charge in [0, 0.05) is 24.1 Å². The van der Waals surface area contributed by atoms with E-state index in [0.717, 1.165) is 0 Å². The molecule has 0 spiro atoms. The Balaban J connectivity index is 2.64. The van der Waals surface area contributed by atoms with Gasteiger partial charge in [0.05, 0.1) is 13.5 Å². The summed E-state index contributed by atoms with van der Waals surface area (Å²) in [5.74, 6) is -0.811. The molecule has 8 heteroatoms. The zero-order valence-electron chi connectivity index (χ0n) is 11.4. The lowest BCUT2D eigenvalue weighted by Crippen LogP contribution is -2.29. The normalized spacial score (nSPS) is 11.1. The molecule has 4 nitrogen and oxygen atoms in total. The molecule has 0 saturated heterocycles. The molecule has 0 aliphatic carbocycles. The van der Waals surface area contributed by atoms with E-state index >= 15 is 0 Å². The van der Waals surface area contributed by atoms with Crippen LogP contribution in [0.3, 0.4) is 0 Å². The van der Waals surface area contributed by atoms with Crippen LogP contribution in [-0.4, -0.2) is 43.0 Å². The fraction of sp³-hybridized carbons (Fsp3) is 0.385. The van der Waals surface area contributed by atoms with Crippen LogP contribution >= 0.6 is 11.8 Å². The summed E-state index contributed by atoms with van der Waals surface area (Å²) in [6.07, 6.45) is 0.0563. The van der Waals surface area contributed by atoms with Gasteiger partial charge in [-0.2, -0.15) is 13.2 Å². The van der Waals surface area contributed by atoms with E-state index in [1.807, 2.05) is 0 Å². The van der Waals surface area contributed by atoms with Crippen molar-refractivity contribution in [3.05, 3.63) is 29.8 Å². The highest BCUT2D eigenvalue weighted by molar-refractivity contribution is 8.00. The standard InChI is InChI=1S/C13H14F3NO3S/c1-17(8-7-11(18)20-2)12(19)9-3-5-10(6-4-9)21-13(14,15)16/h3-6H,7-8H2,1-2H3. The van der Waals surface area contributed by atoms with Gasteiger partial charge in [-0.25, -0.2) is 0 Å². The molecule has 0 atom stereocenters. The molecule has 1 aromatic carbocycles. The average molecular weight is 321 g/mol. The third-order valence-electron chi connectivity index (χ3n) is 2.56. The Morgan fingerprint density at radius 1 is 1.24 bits per heavy atom. The molecule has 1 amide bonds. The maximum Gasteiger partial charge on any atom is 0.446 e. The van der Waals surface area contributed by atoms with Crippen molar-refractivity contribution >= 4 is 23.6 Å². The molecular formula is C13H14F3NO3S. The average Bonchev–Trinajstić information content (AvgIpc) is 2.42. The molecule has 0 aliphatic heterocycles. The van der Waals surface area contributed by atoms with Crippen molar-refractivity contribution in [3.8, 4) is 0 Å². The van der Waals surface area contributed by atoms with Crippen LogP contribution in [0.5, 0.6) is 0 Å². The number of methoxy groups -OCH3 is 1. The van der Waals surface area contributed by atoms with Crippen molar-refractivity contribution in [1.29, 1.82) is 0 Å². The number of rotatable bonds is 5. The molecule has 1 aromatic rings. The van der Waals surface area contributed by atoms with Gasteiger partial charge >= 0.3 is 11.5 Å². The quantitative estimate of drug-likeness (QED) is 0.618. The van der Waals surface area contributed by atoms with E-state index < -0.39 is 11.5 Å². The number of benzene rings is 1. The van der Waals surface area contributed by atoms with E-state index in [1.54, 1.807) is 0 Å². The lowest BCUT2D eigenvalue weighted by Gasteiger charge is -2.16. The third-order valence-corrected chi connectivity index (χ3v) is 3.30. The summed E-state index contributed by atoms with van der Waals surface area (Å²) in [6.45, 7) is 0.171. The SMILES string of the molecule is COC(=O)CCN(C)C(=O)c1ccc(SC(F)(F)F)cc1. The second-order valence-corrected chi connectivity index (χ2v) is 5.26. The Morgan fingerprint density at radius 3 is 2.29 bits per heavy atom. The maximum atomic E-state index is 12.2. The Labute approximate surface area is 124 Å². The molecule has 1 rings (SSSR count). The van der Waals surface area contributed by atoms with Crippen molar-refractivity contribution in [1.82, 2.24) is 4.90 Å². The van der Waals surface area contributed by atoms with E-state index in [9.17, 15) is 22.8 Å². The Bertz CT molecular complexity index is 502. The molecule has 0 aromatic heterocycles. The Kier molecular flexibility index (Phi) is 6.07. The fourth-order valence-corrected chi connectivity index (χ4v) is 2.02. The Morgan fingerprint density at radius 2 is 1.81 bits per heavy atom. The summed E-state index contributed by atoms with van der Waals surface area (Å²) in [7, 11) is 2.75. The van der Waals surface area contributed by atoms with Crippen LogP contribution in [-0.2, 0) is 9.53 Å². The van der Waals surface area contributed by atoms with Crippen LogP contribution in [0, 0.1) is 0 Å². The van der Waals surface area contributed by atoms with Gasteiger partial charge in [0.1, 0.15) is 0 Å². The van der Waals surface area contributed by atoms with Crippen molar-refractivity contribution in [2.75, 3.05) is 20.7 Å². The second kappa shape index (κ2) is 7.35. The highest BCUT2D eigenvalue weighted by Crippen LogP contribution is 2.36. The highest BCUT2D eigenvalue weighted by Gasteiger charge is 2.29. The van der Waals surface area contributed by atoms with Gasteiger partial charge in [-0.15, -0.1) is 0 Å². The first-order valence-electron chi connectivity index (χ1n) is 5.91. The number of carbonyl (C=O) groups is 2. The van der Waals surface area contributed by atoms with Crippen LogP contribution in [0.25, 0.3) is 0 Å². The summed E-state index contributed by atoms with van der Waals surface area (Å²) in [5, 5.41) is 0. The summed E-state index contributed by atoms with van der Waals surface area (Å²) < 4.78 is 41.0. The van der Waals surface area contributed by atoms with Crippen molar-refractivity contribution in [2.24, 2.45) is 0 Å². The van der Waals surface area contributed by atoms with Gasteiger partial charge in [-0.3, -0.25) is 9.59 Å². The predicted molar refractivity (Wildman–Crippen MR) is 71.9 cm³/mol. The third kappa shape index (κ3) is 6.07. The topological polar surface area (TPSA) is 46.6 Å². The zero-order chi connectivity index (χ0) is 16.0. The first-order valence-corrected chi connectivity index (χ1v) is 6.72. The monoisotopic (exact) mass is 321 g/mol. The smallest absolute Gasteiger partial charge is 0.446 e. The maximum absolute atomic E-state index is 12.2. The van der Waals surface area contributed by atoms with Gasteiger partial charge in [0.25, 0.3) is 5.91 Å². The molecule has 0 aliphatic rings. The number of ether oxygens (including phenoxy) is 1. The van der Waals surface area contributed by atoms with Crippen molar-refractivity contribution in [3.63, 3.8) is 0 Å². The van der Waals surface area contributed by atoms with Gasteiger partial charge in [0.2, 0.25) is 0 Å². The second-order valence-electron chi connectivity index (χ2n) is 4.13. The summed E-state index contributed by atoms with van der Waals surface area (Å²) >= 11 is -0.239. The highest BCUT2D eigenvalue weighted by atomic mass is 32.2. The van der Waals surface area contributed by atoms with Crippen LogP contribution in [0.2, 0.25) is 0 Å². The van der Waals surface area contributed by atoms with Crippen LogP contribution in [0.4, 0.5) is 13.2 Å². The van der Waals surface area contributed by atoms with E-state index in [0.29, 0.717) is 0 Å². The van der Waals surface area contributed by atoms with Gasteiger partial charge < -0.3 is 9.64 Å². The zero-order valence-corrected chi connectivity index (χ0v) is 12.3. The number of esters is 1. The Hall–Kier alpha value is -1.70. The lowest BCUT2D eigenvalue weighted by molar-refractivity contribution is -0.140. The molecule has 0 radical (unpaired) electrons. The van der Waals surface area contributed by atoms with Gasteiger partial charge in [-0.05, 0) is 36.0 Å². The number of nitrogens with zero attached hydrogens (tertiary/aromatic N) is 1. The summed E-state index contributed by atoms with van der Waals surface area (Å²) in [4.78, 5) is 24.3. The molecule has 0 N–H and O–H groups in total. The minimum Gasteiger partial charge on any atom is -0.469 e. The summed E-state index contributed by atoms with van der Waals surface area (Å²) in [5.41, 5.74) is -4.10. The van der Waals surface area contributed by atoms with E-state index in [-0.39, 0.29) is 41.1 Å². The largest absolute Gasteiger partial charge is 0.469 e. The van der Waals surface area contributed by atoms with Gasteiger partial charge in [-0.1, -0.05) is 0 Å². The molecule has 116 valence electrons. The molecular weight excluding hydrogens is 307 g/mol. The molecule has 0 unspecified atom stereocenters. The van der Waals surface area contributed by atoms with Crippen LogP contribution in [0.1, 0.15) is 16.8 Å². The van der Waals surface area contributed by atoms with E-state index in [2.05, 4.69) is 4.74 Å². The minimum atomic E-state index is -4.36. The van der Waals surface area contributed by atoms with Crippen LogP contribution < -0.4 is 0 Å². The first kappa shape index (κ1) is 17.4. The van der Waals surface area contributed by atoms with Crippen molar-refractivity contribution in [2.45, 2.75) is 16.8 Å². The molecule has 0 bridgehead atoms. The molecule has 21 heavy (non-hydrogen) atoms. The number of thioether (sulfide) groups is 1. The predicted octanol–water partition coefficient (Wildman–Crippen LogP) is 2.93. The number of hydrogen-bond acceptors (Lipinski definition) is 4. The lowest BCUT2D eigenvalue weighted by atomic mass is 10.2.